The first-order valence-electron chi connectivity index (χ1n) is 3.97. The lowest BCUT2D eigenvalue weighted by Gasteiger charge is -2.05. The molecule has 1 N–H and O–H groups in total. The number of aryl methyl sites for hydroxylation is 2. The van der Waals surface area contributed by atoms with Crippen LogP contribution >= 0.6 is 0 Å². The van der Waals surface area contributed by atoms with Gasteiger partial charge < -0.3 is 14.4 Å². The number of carboxylic acids is 1. The Kier molecular flexibility index (Phi) is 3.10. The van der Waals surface area contributed by atoms with Crippen molar-refractivity contribution in [2.75, 3.05) is 6.54 Å². The molecule has 15 heavy (non-hydrogen) atoms. The number of hydrogen-bond donors (Lipinski definition) is 1. The van der Waals surface area contributed by atoms with Crippen molar-refractivity contribution in [2.24, 2.45) is 0 Å². The van der Waals surface area contributed by atoms with Gasteiger partial charge in [0, 0.05) is 0 Å². The fraction of sp³-hybridized carbons (Fsp3) is 0.429. The Labute approximate surface area is 86.1 Å². The van der Waals surface area contributed by atoms with E-state index in [-0.39, 0.29) is 16.3 Å². The topological polar surface area (TPSA) is 112 Å². The monoisotopic (exact) mass is 233 g/mol. The van der Waals surface area contributed by atoms with Gasteiger partial charge in [0.1, 0.15) is 10.6 Å². The minimum atomic E-state index is -3.90. The van der Waals surface area contributed by atoms with Crippen LogP contribution in [0.3, 0.4) is 0 Å². The second-order valence-corrected chi connectivity index (χ2v) is 4.55. The molecule has 1 aromatic heterocycles. The molecule has 0 aliphatic carbocycles. The van der Waals surface area contributed by atoms with Gasteiger partial charge in [-0.05, 0) is 13.8 Å². The predicted octanol–water partition coefficient (Wildman–Crippen LogP) is -1.68. The van der Waals surface area contributed by atoms with Crippen LogP contribution in [-0.4, -0.2) is 26.1 Å². The van der Waals surface area contributed by atoms with E-state index in [2.05, 4.69) is 9.68 Å². The summed E-state index contributed by atoms with van der Waals surface area (Å²) in [6.45, 7) is 2.09. The number of nitrogens with one attached hydrogen (secondary N) is 1. The lowest BCUT2D eigenvalue weighted by Crippen LogP contribution is -2.37. The Morgan fingerprint density at radius 3 is 2.53 bits per heavy atom. The number of hydrogen-bond acceptors (Lipinski definition) is 6. The van der Waals surface area contributed by atoms with Crippen molar-refractivity contribution < 1.29 is 22.8 Å². The van der Waals surface area contributed by atoms with Crippen molar-refractivity contribution in [3.8, 4) is 0 Å². The van der Waals surface area contributed by atoms with Gasteiger partial charge in [-0.25, -0.2) is 13.1 Å². The smallest absolute Gasteiger partial charge is 0.246 e. The average Bonchev–Trinajstić information content (AvgIpc) is 2.43. The van der Waals surface area contributed by atoms with E-state index in [0.29, 0.717) is 0 Å². The number of carbonyl (C=O) groups excluding carboxylic acids is 1. The number of aliphatic carboxylic acids is 1. The van der Waals surface area contributed by atoms with Gasteiger partial charge in [0.05, 0.1) is 12.5 Å². The fourth-order valence-electron chi connectivity index (χ4n) is 1.08. The first kappa shape index (κ1) is 11.7. The molecule has 0 radical (unpaired) electrons. The molecule has 0 saturated heterocycles. The van der Waals surface area contributed by atoms with Gasteiger partial charge in [-0.3, -0.25) is 0 Å². The van der Waals surface area contributed by atoms with Gasteiger partial charge in [-0.15, -0.1) is 0 Å². The maximum absolute atomic E-state index is 11.5. The van der Waals surface area contributed by atoms with Crippen molar-refractivity contribution in [1.29, 1.82) is 0 Å². The summed E-state index contributed by atoms with van der Waals surface area (Å²) >= 11 is 0. The van der Waals surface area contributed by atoms with Gasteiger partial charge in [-0.1, -0.05) is 5.16 Å². The van der Waals surface area contributed by atoms with Crippen molar-refractivity contribution in [1.82, 2.24) is 9.88 Å². The lowest BCUT2D eigenvalue weighted by atomic mass is 10.4. The average molecular weight is 233 g/mol. The highest BCUT2D eigenvalue weighted by Gasteiger charge is 2.23. The van der Waals surface area contributed by atoms with Crippen LogP contribution in [-0.2, 0) is 14.8 Å². The molecule has 7 nitrogen and oxygen atoms in total. The first-order valence-corrected chi connectivity index (χ1v) is 5.45. The standard InChI is InChI=1S/C7H10N2O5S/c1-4-7(5(2)14-9-4)15(12,13)8-3-6(10)11/h8H,3H2,1-2H3,(H,10,11)/p-1. The van der Waals surface area contributed by atoms with Crippen molar-refractivity contribution in [3.63, 3.8) is 0 Å². The maximum atomic E-state index is 11.5. The minimum absolute atomic E-state index is 0.110. The van der Waals surface area contributed by atoms with Crippen LogP contribution in [0.15, 0.2) is 9.42 Å². The van der Waals surface area contributed by atoms with Gasteiger partial charge >= 0.3 is 0 Å². The Balaban J connectivity index is 3.01. The number of aromatic nitrogens is 1. The zero-order valence-electron chi connectivity index (χ0n) is 8.10. The van der Waals surface area contributed by atoms with Gasteiger partial charge in [0.2, 0.25) is 10.0 Å². The highest BCUT2D eigenvalue weighted by atomic mass is 32.2. The van der Waals surface area contributed by atoms with Crippen molar-refractivity contribution in [2.45, 2.75) is 18.7 Å². The number of sulfonamides is 1. The summed E-state index contributed by atoms with van der Waals surface area (Å²) in [6.07, 6.45) is 0. The highest BCUT2D eigenvalue weighted by Crippen LogP contribution is 2.17. The number of carbonyl (C=O) groups is 1. The second kappa shape index (κ2) is 3.99. The molecule has 0 aliphatic rings. The van der Waals surface area contributed by atoms with Crippen LogP contribution in [0.2, 0.25) is 0 Å². The third-order valence-corrected chi connectivity index (χ3v) is 3.29. The van der Waals surface area contributed by atoms with E-state index in [0.717, 1.165) is 0 Å². The molecular formula is C7H9N2O5S-. The van der Waals surface area contributed by atoms with Crippen LogP contribution in [0.1, 0.15) is 11.5 Å². The van der Waals surface area contributed by atoms with Crippen LogP contribution in [0, 0.1) is 13.8 Å². The summed E-state index contributed by atoms with van der Waals surface area (Å²) in [7, 11) is -3.90. The Hall–Kier alpha value is -1.41. The number of rotatable bonds is 4. The summed E-state index contributed by atoms with van der Waals surface area (Å²) in [6, 6.07) is 0. The second-order valence-electron chi connectivity index (χ2n) is 2.85. The quantitative estimate of drug-likeness (QED) is 0.664. The molecule has 1 heterocycles. The summed E-state index contributed by atoms with van der Waals surface area (Å²) in [5, 5.41) is 13.6. The summed E-state index contributed by atoms with van der Waals surface area (Å²) < 4.78 is 29.6. The van der Waals surface area contributed by atoms with Crippen molar-refractivity contribution in [3.05, 3.63) is 11.5 Å². The van der Waals surface area contributed by atoms with Crippen LogP contribution in [0.4, 0.5) is 0 Å². The zero-order valence-corrected chi connectivity index (χ0v) is 8.92. The molecule has 0 spiro atoms. The highest BCUT2D eigenvalue weighted by molar-refractivity contribution is 7.89. The van der Waals surface area contributed by atoms with Gasteiger partial charge in [0.15, 0.2) is 5.76 Å². The van der Waals surface area contributed by atoms with E-state index in [1.54, 1.807) is 0 Å². The predicted molar refractivity (Wildman–Crippen MR) is 46.2 cm³/mol. The molecule has 8 heteroatoms. The molecule has 0 amide bonds. The Morgan fingerprint density at radius 2 is 2.13 bits per heavy atom. The van der Waals surface area contributed by atoms with Gasteiger partial charge in [-0.2, -0.15) is 0 Å². The molecule has 0 saturated carbocycles. The fourth-order valence-corrected chi connectivity index (χ4v) is 2.38. The third-order valence-electron chi connectivity index (χ3n) is 1.64. The minimum Gasteiger partial charge on any atom is -0.549 e. The maximum Gasteiger partial charge on any atom is 0.246 e. The molecule has 0 aliphatic heterocycles. The van der Waals surface area contributed by atoms with E-state index in [1.807, 2.05) is 4.72 Å². The SMILES string of the molecule is Cc1noc(C)c1S(=O)(=O)NCC(=O)[O-]. The van der Waals surface area contributed by atoms with Gasteiger partial charge in [0.25, 0.3) is 0 Å². The van der Waals surface area contributed by atoms with Crippen LogP contribution < -0.4 is 9.83 Å². The molecule has 1 aromatic rings. The molecule has 1 rings (SSSR count). The molecule has 0 unspecified atom stereocenters. The summed E-state index contributed by atoms with van der Waals surface area (Å²) in [5.74, 6) is -1.40. The summed E-state index contributed by atoms with van der Waals surface area (Å²) in [5.41, 5.74) is 0.179. The van der Waals surface area contributed by atoms with E-state index >= 15 is 0 Å². The lowest BCUT2D eigenvalue weighted by molar-refractivity contribution is -0.303. The van der Waals surface area contributed by atoms with Crippen LogP contribution in [0.25, 0.3) is 0 Å². The zero-order chi connectivity index (χ0) is 11.6. The molecule has 0 aromatic carbocycles. The molecular weight excluding hydrogens is 224 g/mol. The Bertz CT molecular complexity index is 456. The molecule has 0 fully saturated rings. The number of nitrogens with zero attached hydrogens (tertiary/aromatic N) is 1. The molecule has 84 valence electrons. The van der Waals surface area contributed by atoms with E-state index in [9.17, 15) is 18.3 Å². The van der Waals surface area contributed by atoms with Crippen LogP contribution in [0.5, 0.6) is 0 Å². The van der Waals surface area contributed by atoms with E-state index in [4.69, 9.17) is 0 Å². The summed E-state index contributed by atoms with van der Waals surface area (Å²) in [4.78, 5) is 9.97. The van der Waals surface area contributed by atoms with E-state index in [1.165, 1.54) is 13.8 Å². The normalized spacial score (nSPS) is 11.6. The van der Waals surface area contributed by atoms with Crippen molar-refractivity contribution >= 4 is 16.0 Å². The Morgan fingerprint density at radius 1 is 1.53 bits per heavy atom. The number of carboxylic acid groups (broad SMARTS) is 1. The molecule has 0 atom stereocenters. The third kappa shape index (κ3) is 2.54. The largest absolute Gasteiger partial charge is 0.549 e. The first-order chi connectivity index (χ1) is 6.84. The van der Waals surface area contributed by atoms with E-state index < -0.39 is 22.5 Å². The molecule has 0 bridgehead atoms.